The van der Waals surface area contributed by atoms with Gasteiger partial charge in [-0.05, 0) is 57.9 Å². The van der Waals surface area contributed by atoms with E-state index >= 15 is 0 Å². The lowest BCUT2D eigenvalue weighted by molar-refractivity contribution is -0.134. The number of ether oxygens (including phenoxy) is 1. The normalized spacial score (nSPS) is 16.2. The second-order valence-corrected chi connectivity index (χ2v) is 8.55. The molecule has 2 fully saturated rings. The number of amides is 1. The van der Waals surface area contributed by atoms with Crippen molar-refractivity contribution in [1.29, 1.82) is 0 Å². The number of aryl methyl sites for hydroxylation is 1. The predicted molar refractivity (Wildman–Crippen MR) is 118 cm³/mol. The lowest BCUT2D eigenvalue weighted by Crippen LogP contribution is -2.50. The molecule has 2 aliphatic rings. The zero-order chi connectivity index (χ0) is 23.0. The Labute approximate surface area is 186 Å². The molecule has 8 heteroatoms. The summed E-state index contributed by atoms with van der Waals surface area (Å²) in [6.07, 6.45) is 2.25. The Kier molecular flexibility index (Phi) is 6.04. The standard InChI is InChI=1S/C24H28FN3O4/c1-15-12-20(16(2)28(15)19-5-6-19)24(31)32-14-23(30)27-10-8-26(9-11-27)22-7-4-18(17(3)29)13-21(22)25/h4,7,12-13,19H,5-6,8-11,14H2,1-3H3. The highest BCUT2D eigenvalue weighted by Gasteiger charge is 2.29. The van der Waals surface area contributed by atoms with Gasteiger partial charge in [0.15, 0.2) is 12.4 Å². The van der Waals surface area contributed by atoms with E-state index in [0.717, 1.165) is 24.2 Å². The maximum absolute atomic E-state index is 14.4. The maximum Gasteiger partial charge on any atom is 0.340 e. The molecule has 2 aromatic rings. The molecule has 0 atom stereocenters. The molecule has 0 N–H and O–H groups in total. The molecule has 32 heavy (non-hydrogen) atoms. The van der Waals surface area contributed by atoms with Crippen molar-refractivity contribution in [1.82, 2.24) is 9.47 Å². The van der Waals surface area contributed by atoms with Crippen molar-refractivity contribution < 1.29 is 23.5 Å². The molecule has 1 aliphatic carbocycles. The number of rotatable bonds is 6. The van der Waals surface area contributed by atoms with Crippen LogP contribution in [0, 0.1) is 19.7 Å². The molecule has 1 aromatic carbocycles. The summed E-state index contributed by atoms with van der Waals surface area (Å²) in [5.41, 5.74) is 3.17. The van der Waals surface area contributed by atoms with Crippen LogP contribution < -0.4 is 4.90 Å². The average Bonchev–Trinajstić information content (AvgIpc) is 3.56. The zero-order valence-corrected chi connectivity index (χ0v) is 18.7. The number of aromatic nitrogens is 1. The summed E-state index contributed by atoms with van der Waals surface area (Å²) < 4.78 is 21.9. The van der Waals surface area contributed by atoms with Crippen LogP contribution in [-0.4, -0.2) is 59.9 Å². The number of anilines is 1. The van der Waals surface area contributed by atoms with E-state index < -0.39 is 11.8 Å². The van der Waals surface area contributed by atoms with Gasteiger partial charge >= 0.3 is 5.97 Å². The number of hydrogen-bond donors (Lipinski definition) is 0. The van der Waals surface area contributed by atoms with E-state index in [-0.39, 0.29) is 18.3 Å². The van der Waals surface area contributed by atoms with E-state index in [4.69, 9.17) is 4.74 Å². The van der Waals surface area contributed by atoms with Crippen molar-refractivity contribution in [2.24, 2.45) is 0 Å². The van der Waals surface area contributed by atoms with E-state index in [2.05, 4.69) is 4.57 Å². The lowest BCUT2D eigenvalue weighted by Gasteiger charge is -2.36. The minimum Gasteiger partial charge on any atom is -0.452 e. The van der Waals surface area contributed by atoms with Crippen LogP contribution >= 0.6 is 0 Å². The fourth-order valence-corrected chi connectivity index (χ4v) is 4.35. The van der Waals surface area contributed by atoms with E-state index in [1.165, 1.54) is 13.0 Å². The molecule has 4 rings (SSSR count). The molecule has 0 spiro atoms. The summed E-state index contributed by atoms with van der Waals surface area (Å²) in [6.45, 7) is 6.69. The predicted octanol–water partition coefficient (Wildman–Crippen LogP) is 3.29. The first kappa shape index (κ1) is 22.0. The van der Waals surface area contributed by atoms with Crippen molar-refractivity contribution in [3.63, 3.8) is 0 Å². The number of ketones is 1. The first-order chi connectivity index (χ1) is 15.3. The van der Waals surface area contributed by atoms with Crippen molar-refractivity contribution >= 4 is 23.3 Å². The third kappa shape index (κ3) is 4.40. The number of esters is 1. The second-order valence-electron chi connectivity index (χ2n) is 8.55. The number of carbonyl (C=O) groups excluding carboxylic acids is 3. The van der Waals surface area contributed by atoms with Gasteiger partial charge in [-0.3, -0.25) is 9.59 Å². The highest BCUT2D eigenvalue weighted by atomic mass is 19.1. The van der Waals surface area contributed by atoms with Crippen LogP contribution in [0.4, 0.5) is 10.1 Å². The van der Waals surface area contributed by atoms with Crippen molar-refractivity contribution in [2.75, 3.05) is 37.7 Å². The van der Waals surface area contributed by atoms with Gasteiger partial charge in [0.25, 0.3) is 5.91 Å². The largest absolute Gasteiger partial charge is 0.452 e. The topological polar surface area (TPSA) is 71.9 Å². The molecule has 0 radical (unpaired) electrons. The molecule has 2 heterocycles. The number of benzene rings is 1. The fraction of sp³-hybridized carbons (Fsp3) is 0.458. The average molecular weight is 442 g/mol. The first-order valence-electron chi connectivity index (χ1n) is 10.9. The Morgan fingerprint density at radius 3 is 2.34 bits per heavy atom. The van der Waals surface area contributed by atoms with Crippen LogP contribution in [-0.2, 0) is 9.53 Å². The van der Waals surface area contributed by atoms with Crippen LogP contribution in [0.25, 0.3) is 0 Å². The summed E-state index contributed by atoms with van der Waals surface area (Å²) in [5.74, 6) is -1.38. The van der Waals surface area contributed by atoms with Gasteiger partial charge in [0.05, 0.1) is 11.3 Å². The van der Waals surface area contributed by atoms with Crippen molar-refractivity contribution in [3.8, 4) is 0 Å². The number of piperazine rings is 1. The Morgan fingerprint density at radius 1 is 1.06 bits per heavy atom. The quantitative estimate of drug-likeness (QED) is 0.508. The smallest absolute Gasteiger partial charge is 0.340 e. The molecule has 7 nitrogen and oxygen atoms in total. The molecule has 1 saturated heterocycles. The third-order valence-corrected chi connectivity index (χ3v) is 6.27. The van der Waals surface area contributed by atoms with Crippen LogP contribution in [0.2, 0.25) is 0 Å². The van der Waals surface area contributed by atoms with Gasteiger partial charge in [0.2, 0.25) is 0 Å². The zero-order valence-electron chi connectivity index (χ0n) is 18.7. The van der Waals surface area contributed by atoms with E-state index in [1.807, 2.05) is 24.8 Å². The Bertz CT molecular complexity index is 1070. The fourth-order valence-electron chi connectivity index (χ4n) is 4.35. The van der Waals surface area contributed by atoms with E-state index in [1.54, 1.807) is 17.0 Å². The summed E-state index contributed by atoms with van der Waals surface area (Å²) >= 11 is 0. The van der Waals surface area contributed by atoms with Gasteiger partial charge in [-0.15, -0.1) is 0 Å². The molecule has 170 valence electrons. The SMILES string of the molecule is CC(=O)c1ccc(N2CCN(C(=O)COC(=O)c3cc(C)n(C4CC4)c3C)CC2)c(F)c1. The summed E-state index contributed by atoms with van der Waals surface area (Å²) in [5, 5.41) is 0. The molecule has 1 amide bonds. The Hall–Kier alpha value is -3.16. The molecule has 1 aliphatic heterocycles. The van der Waals surface area contributed by atoms with Gasteiger partial charge < -0.3 is 19.1 Å². The van der Waals surface area contributed by atoms with Crippen molar-refractivity contribution in [2.45, 2.75) is 39.7 Å². The summed E-state index contributed by atoms with van der Waals surface area (Å²) in [6, 6.07) is 6.75. The number of nitrogens with zero attached hydrogens (tertiary/aromatic N) is 3. The molecule has 0 bridgehead atoms. The van der Waals surface area contributed by atoms with Crippen LogP contribution in [0.15, 0.2) is 24.3 Å². The highest BCUT2D eigenvalue weighted by molar-refractivity contribution is 5.94. The molecule has 0 unspecified atom stereocenters. The van der Waals surface area contributed by atoms with Gasteiger partial charge in [-0.25, -0.2) is 9.18 Å². The lowest BCUT2D eigenvalue weighted by atomic mass is 10.1. The van der Waals surface area contributed by atoms with Gasteiger partial charge in [0, 0.05) is 49.2 Å². The number of hydrogen-bond acceptors (Lipinski definition) is 5. The molecular weight excluding hydrogens is 413 g/mol. The highest BCUT2D eigenvalue weighted by Crippen LogP contribution is 2.38. The molecule has 1 saturated carbocycles. The van der Waals surface area contributed by atoms with E-state index in [9.17, 15) is 18.8 Å². The third-order valence-electron chi connectivity index (χ3n) is 6.27. The number of carbonyl (C=O) groups is 3. The Balaban J connectivity index is 1.30. The number of halogens is 1. The molecule has 1 aromatic heterocycles. The van der Waals surface area contributed by atoms with Crippen molar-refractivity contribution in [3.05, 3.63) is 52.6 Å². The van der Waals surface area contributed by atoms with Gasteiger partial charge in [-0.2, -0.15) is 0 Å². The number of Topliss-reactive ketones (excluding diaryl/α,β-unsaturated/α-hetero) is 1. The minimum atomic E-state index is -0.482. The molecular formula is C24H28FN3O4. The first-order valence-corrected chi connectivity index (χ1v) is 10.9. The van der Waals surface area contributed by atoms with Crippen LogP contribution in [0.3, 0.4) is 0 Å². The van der Waals surface area contributed by atoms with Crippen LogP contribution in [0.5, 0.6) is 0 Å². The maximum atomic E-state index is 14.4. The second kappa shape index (κ2) is 8.76. The monoisotopic (exact) mass is 441 g/mol. The summed E-state index contributed by atoms with van der Waals surface area (Å²) in [4.78, 5) is 40.0. The van der Waals surface area contributed by atoms with Crippen LogP contribution in [0.1, 0.15) is 57.9 Å². The van der Waals surface area contributed by atoms with Gasteiger partial charge in [-0.1, -0.05) is 0 Å². The van der Waals surface area contributed by atoms with Gasteiger partial charge in [0.1, 0.15) is 5.82 Å². The minimum absolute atomic E-state index is 0.185. The van der Waals surface area contributed by atoms with E-state index in [0.29, 0.717) is 49.0 Å². The summed E-state index contributed by atoms with van der Waals surface area (Å²) in [7, 11) is 0. The Morgan fingerprint density at radius 2 is 1.75 bits per heavy atom.